The van der Waals surface area contributed by atoms with Gasteiger partial charge in [0.1, 0.15) is 0 Å². The molecular formula is C18H34N2S. The van der Waals surface area contributed by atoms with Gasteiger partial charge < -0.3 is 4.90 Å². The zero-order chi connectivity index (χ0) is 14.5. The molecule has 122 valence electrons. The van der Waals surface area contributed by atoms with Crippen LogP contribution in [0.3, 0.4) is 0 Å². The number of nitrogens with zero attached hydrogens (tertiary/aromatic N) is 2. The van der Waals surface area contributed by atoms with Crippen molar-refractivity contribution >= 4 is 12.6 Å². The number of hydrogen-bond acceptors (Lipinski definition) is 3. The van der Waals surface area contributed by atoms with Gasteiger partial charge in [0.2, 0.25) is 0 Å². The van der Waals surface area contributed by atoms with Crippen LogP contribution in [0.5, 0.6) is 0 Å². The Balaban J connectivity index is 1.49. The molecule has 0 unspecified atom stereocenters. The Morgan fingerprint density at radius 1 is 0.810 bits per heavy atom. The van der Waals surface area contributed by atoms with Crippen LogP contribution in [0.4, 0.5) is 0 Å². The molecule has 1 heterocycles. The van der Waals surface area contributed by atoms with Gasteiger partial charge in [0.25, 0.3) is 0 Å². The number of rotatable bonds is 4. The molecule has 2 saturated carbocycles. The van der Waals surface area contributed by atoms with Gasteiger partial charge in [0, 0.05) is 38.8 Å². The maximum Gasteiger partial charge on any atom is 0.0113 e. The lowest BCUT2D eigenvalue weighted by molar-refractivity contribution is 0.0653. The second-order valence-corrected chi connectivity index (χ2v) is 8.14. The van der Waals surface area contributed by atoms with E-state index in [-0.39, 0.29) is 0 Å². The van der Waals surface area contributed by atoms with Gasteiger partial charge in [-0.15, -0.1) is 0 Å². The van der Waals surface area contributed by atoms with E-state index in [1.807, 2.05) is 0 Å². The van der Waals surface area contributed by atoms with Crippen molar-refractivity contribution in [1.29, 1.82) is 0 Å². The zero-order valence-electron chi connectivity index (χ0n) is 13.7. The van der Waals surface area contributed by atoms with E-state index in [1.54, 1.807) is 0 Å². The van der Waals surface area contributed by atoms with Crippen molar-refractivity contribution in [3.05, 3.63) is 0 Å². The largest absolute Gasteiger partial charge is 0.300 e. The minimum atomic E-state index is 0.523. The highest BCUT2D eigenvalue weighted by Gasteiger charge is 2.33. The van der Waals surface area contributed by atoms with Gasteiger partial charge in [-0.25, -0.2) is 0 Å². The Morgan fingerprint density at radius 3 is 2.00 bits per heavy atom. The van der Waals surface area contributed by atoms with Gasteiger partial charge in [-0.2, -0.15) is 12.6 Å². The Morgan fingerprint density at radius 2 is 1.43 bits per heavy atom. The second-order valence-electron chi connectivity index (χ2n) is 7.82. The molecule has 3 aliphatic rings. The van der Waals surface area contributed by atoms with Crippen LogP contribution in [-0.2, 0) is 0 Å². The quantitative estimate of drug-likeness (QED) is 0.623. The molecule has 1 aliphatic heterocycles. The van der Waals surface area contributed by atoms with E-state index in [0.29, 0.717) is 5.41 Å². The van der Waals surface area contributed by atoms with Gasteiger partial charge in [-0.05, 0) is 36.9 Å². The van der Waals surface area contributed by atoms with Crippen LogP contribution in [0.2, 0.25) is 0 Å². The molecule has 0 bridgehead atoms. The summed E-state index contributed by atoms with van der Waals surface area (Å²) in [6.07, 6.45) is 14.4. The number of piperazine rings is 1. The van der Waals surface area contributed by atoms with Gasteiger partial charge in [0.05, 0.1) is 0 Å². The van der Waals surface area contributed by atoms with Crippen molar-refractivity contribution in [3.63, 3.8) is 0 Å². The topological polar surface area (TPSA) is 6.48 Å². The van der Waals surface area contributed by atoms with Crippen LogP contribution in [0.1, 0.15) is 64.2 Å². The van der Waals surface area contributed by atoms with Crippen LogP contribution >= 0.6 is 12.6 Å². The van der Waals surface area contributed by atoms with E-state index in [2.05, 4.69) is 9.80 Å². The summed E-state index contributed by atoms with van der Waals surface area (Å²) < 4.78 is 0. The summed E-state index contributed by atoms with van der Waals surface area (Å²) in [7, 11) is 0. The molecule has 3 fully saturated rings. The third-order valence-electron chi connectivity index (χ3n) is 6.31. The van der Waals surface area contributed by atoms with Crippen molar-refractivity contribution in [2.24, 2.45) is 5.41 Å². The first-order chi connectivity index (χ1) is 10.3. The Hall–Kier alpha value is 0.270. The molecule has 1 saturated heterocycles. The molecule has 0 aromatic heterocycles. The van der Waals surface area contributed by atoms with Gasteiger partial charge in [0.15, 0.2) is 0 Å². The first kappa shape index (κ1) is 16.1. The molecule has 21 heavy (non-hydrogen) atoms. The van der Waals surface area contributed by atoms with Crippen molar-refractivity contribution in [1.82, 2.24) is 9.80 Å². The summed E-state index contributed by atoms with van der Waals surface area (Å²) in [5.74, 6) is 1.09. The summed E-state index contributed by atoms with van der Waals surface area (Å²) in [6, 6.07) is 0.920. The Bertz CT molecular complexity index is 298. The smallest absolute Gasteiger partial charge is 0.0113 e. The highest BCUT2D eigenvalue weighted by Crippen LogP contribution is 2.37. The average molecular weight is 311 g/mol. The van der Waals surface area contributed by atoms with E-state index in [1.165, 1.54) is 96.9 Å². The predicted octanol–water partition coefficient (Wildman–Crippen LogP) is 3.82. The average Bonchev–Trinajstić information content (AvgIpc) is 2.96. The first-order valence-corrected chi connectivity index (χ1v) is 10.0. The molecule has 3 heteroatoms. The summed E-state index contributed by atoms with van der Waals surface area (Å²) in [5, 5.41) is 0. The lowest BCUT2D eigenvalue weighted by Gasteiger charge is -2.43. The third-order valence-corrected chi connectivity index (χ3v) is 6.98. The minimum absolute atomic E-state index is 0.523. The molecular weight excluding hydrogens is 276 g/mol. The van der Waals surface area contributed by atoms with E-state index in [0.717, 1.165) is 11.8 Å². The van der Waals surface area contributed by atoms with E-state index in [4.69, 9.17) is 12.6 Å². The predicted molar refractivity (Wildman–Crippen MR) is 94.3 cm³/mol. The fraction of sp³-hybridized carbons (Fsp3) is 1.00. The Kier molecular flexibility index (Phi) is 5.92. The van der Waals surface area contributed by atoms with Crippen molar-refractivity contribution in [3.8, 4) is 0 Å². The van der Waals surface area contributed by atoms with Crippen LogP contribution in [0.25, 0.3) is 0 Å². The van der Waals surface area contributed by atoms with E-state index in [9.17, 15) is 0 Å². The fourth-order valence-electron chi connectivity index (χ4n) is 4.88. The normalized spacial score (nSPS) is 29.6. The van der Waals surface area contributed by atoms with Gasteiger partial charge >= 0.3 is 0 Å². The van der Waals surface area contributed by atoms with E-state index < -0.39 is 0 Å². The number of thiol groups is 1. The van der Waals surface area contributed by atoms with Crippen LogP contribution in [0.15, 0.2) is 0 Å². The SMILES string of the molecule is SCC1(CN2CCN(C3CCCC3)CC2)CCCCCC1. The molecule has 0 aromatic carbocycles. The van der Waals surface area contributed by atoms with Crippen LogP contribution in [-0.4, -0.2) is 54.3 Å². The van der Waals surface area contributed by atoms with Crippen LogP contribution < -0.4 is 0 Å². The molecule has 0 N–H and O–H groups in total. The second kappa shape index (κ2) is 7.70. The molecule has 0 amide bonds. The minimum Gasteiger partial charge on any atom is -0.300 e. The molecule has 2 aliphatic carbocycles. The van der Waals surface area contributed by atoms with Crippen molar-refractivity contribution in [2.75, 3.05) is 38.5 Å². The number of hydrogen-bond donors (Lipinski definition) is 1. The molecule has 0 aromatic rings. The summed E-state index contributed by atoms with van der Waals surface area (Å²) in [4.78, 5) is 5.54. The fourth-order valence-corrected chi connectivity index (χ4v) is 5.29. The maximum absolute atomic E-state index is 4.75. The van der Waals surface area contributed by atoms with Crippen LogP contribution in [0, 0.1) is 5.41 Å². The first-order valence-electron chi connectivity index (χ1n) is 9.39. The molecule has 3 rings (SSSR count). The molecule has 0 radical (unpaired) electrons. The summed E-state index contributed by atoms with van der Waals surface area (Å²) in [6.45, 7) is 6.54. The lowest BCUT2D eigenvalue weighted by atomic mass is 9.81. The highest BCUT2D eigenvalue weighted by atomic mass is 32.1. The molecule has 2 nitrogen and oxygen atoms in total. The maximum atomic E-state index is 4.75. The zero-order valence-corrected chi connectivity index (χ0v) is 14.6. The monoisotopic (exact) mass is 310 g/mol. The summed E-state index contributed by atoms with van der Waals surface area (Å²) in [5.41, 5.74) is 0.523. The molecule has 0 atom stereocenters. The summed E-state index contributed by atoms with van der Waals surface area (Å²) >= 11 is 4.75. The van der Waals surface area contributed by atoms with Gasteiger partial charge in [-0.1, -0.05) is 38.5 Å². The highest BCUT2D eigenvalue weighted by molar-refractivity contribution is 7.80. The molecule has 0 spiro atoms. The van der Waals surface area contributed by atoms with Gasteiger partial charge in [-0.3, -0.25) is 4.90 Å². The van der Waals surface area contributed by atoms with E-state index >= 15 is 0 Å². The Labute approximate surface area is 137 Å². The van der Waals surface area contributed by atoms with Crippen molar-refractivity contribution in [2.45, 2.75) is 70.3 Å². The third kappa shape index (κ3) is 4.17. The van der Waals surface area contributed by atoms with Crippen molar-refractivity contribution < 1.29 is 0 Å². The standard InChI is InChI=1S/C18H34N2S/c21-16-18(9-5-1-2-6-10-18)15-19-11-13-20(14-12-19)17-7-3-4-8-17/h17,21H,1-16H2. The lowest BCUT2D eigenvalue weighted by Crippen LogP contribution is -2.52.